The largest absolute Gasteiger partial charge is 0.493 e. The number of halogens is 3. The number of carbonyl (C=O) groups excluding carboxylic acids is 1. The summed E-state index contributed by atoms with van der Waals surface area (Å²) in [6, 6.07) is 0. The predicted octanol–water partition coefficient (Wildman–Crippen LogP) is 1.14. The number of hydrogen-bond donors (Lipinski definition) is 1. The van der Waals surface area contributed by atoms with Gasteiger partial charge in [0.25, 0.3) is 5.56 Å². The zero-order valence-electron chi connectivity index (χ0n) is 18.0. The number of hydrogen-bond acceptors (Lipinski definition) is 9. The molecule has 9 nitrogen and oxygen atoms in total. The van der Waals surface area contributed by atoms with Crippen LogP contribution in [0.1, 0.15) is 20.3 Å². The Morgan fingerprint density at radius 3 is 2.62 bits per heavy atom. The lowest BCUT2D eigenvalue weighted by Crippen LogP contribution is -2.61. The van der Waals surface area contributed by atoms with E-state index in [9.17, 15) is 22.8 Å². The number of alkyl halides is 3. The maximum absolute atomic E-state index is 13.3. The van der Waals surface area contributed by atoms with E-state index in [-0.39, 0.29) is 18.1 Å². The molecule has 3 heterocycles. The molecule has 3 rings (SSSR count). The van der Waals surface area contributed by atoms with Crippen LogP contribution in [0.2, 0.25) is 0 Å². The van der Waals surface area contributed by atoms with Crippen molar-refractivity contribution in [3.05, 3.63) is 10.4 Å². The van der Waals surface area contributed by atoms with E-state index in [2.05, 4.69) is 22.1 Å². The Hall–Kier alpha value is -2.43. The highest BCUT2D eigenvalue weighted by atomic mass is 32.2. The fourth-order valence-electron chi connectivity index (χ4n) is 3.45. The molecule has 1 fully saturated rings. The Morgan fingerprint density at radius 1 is 1.34 bits per heavy atom. The Kier molecular flexibility index (Phi) is 7.58. The molecule has 0 bridgehead atoms. The molecular weight excluding hydrogens is 449 g/mol. The van der Waals surface area contributed by atoms with Gasteiger partial charge in [0.1, 0.15) is 0 Å². The molecule has 0 saturated carbocycles. The molecule has 1 atom stereocenters. The van der Waals surface area contributed by atoms with Gasteiger partial charge in [-0.2, -0.15) is 13.2 Å². The Bertz CT molecular complexity index is 968. The lowest BCUT2D eigenvalue weighted by Gasteiger charge is -2.40. The molecule has 0 aromatic carbocycles. The van der Waals surface area contributed by atoms with Crippen molar-refractivity contribution < 1.29 is 22.8 Å². The normalized spacial score (nSPS) is 18.9. The molecule has 32 heavy (non-hydrogen) atoms. The summed E-state index contributed by atoms with van der Waals surface area (Å²) in [5, 5.41) is 4.31. The number of hydroxylamine groups is 1. The molecule has 1 unspecified atom stereocenters. The van der Waals surface area contributed by atoms with Gasteiger partial charge in [-0.3, -0.25) is 14.3 Å². The molecule has 0 radical (unpaired) electrons. The summed E-state index contributed by atoms with van der Waals surface area (Å²) in [6.07, 6.45) is -5.37. The van der Waals surface area contributed by atoms with E-state index in [4.69, 9.17) is 4.84 Å². The average Bonchev–Trinajstić information content (AvgIpc) is 3.06. The van der Waals surface area contributed by atoms with Gasteiger partial charge in [0.15, 0.2) is 23.0 Å². The smallest absolute Gasteiger partial charge is 0.327 e. The summed E-state index contributed by atoms with van der Waals surface area (Å²) in [5.41, 5.74) is -0.396. The summed E-state index contributed by atoms with van der Waals surface area (Å²) in [4.78, 5) is 37.7. The lowest BCUT2D eigenvalue weighted by atomic mass is 10.3. The van der Waals surface area contributed by atoms with Crippen LogP contribution in [-0.2, 0) is 16.7 Å². The number of nitrogens with zero attached hydrogens (tertiary/aromatic N) is 5. The van der Waals surface area contributed by atoms with E-state index in [0.717, 1.165) is 11.5 Å². The lowest BCUT2D eigenvalue weighted by molar-refractivity contribution is -0.203. The molecule has 0 spiro atoms. The van der Waals surface area contributed by atoms with Crippen molar-refractivity contribution in [3.8, 4) is 11.8 Å². The molecule has 1 aromatic heterocycles. The maximum atomic E-state index is 13.3. The number of aromatic nitrogens is 2. The first-order valence-corrected chi connectivity index (χ1v) is 11.1. The first-order valence-electron chi connectivity index (χ1n) is 10.1. The fourth-order valence-corrected chi connectivity index (χ4v) is 4.27. The van der Waals surface area contributed by atoms with Crippen molar-refractivity contribution in [2.24, 2.45) is 7.05 Å². The maximum Gasteiger partial charge on any atom is 0.493 e. The highest BCUT2D eigenvalue weighted by Gasteiger charge is 2.50. The fraction of sp³-hybridized carbons (Fsp3) is 0.632. The molecule has 2 aliphatic heterocycles. The summed E-state index contributed by atoms with van der Waals surface area (Å²) in [5.74, 6) is 3.77. The molecule has 13 heteroatoms. The number of rotatable bonds is 6. The van der Waals surface area contributed by atoms with Gasteiger partial charge in [0.05, 0.1) is 6.54 Å². The van der Waals surface area contributed by atoms with Gasteiger partial charge in [-0.25, -0.2) is 9.78 Å². The van der Waals surface area contributed by atoms with E-state index < -0.39 is 24.0 Å². The van der Waals surface area contributed by atoms with Crippen LogP contribution in [-0.4, -0.2) is 71.4 Å². The first-order chi connectivity index (χ1) is 15.2. The zero-order valence-corrected chi connectivity index (χ0v) is 18.8. The van der Waals surface area contributed by atoms with Crippen LogP contribution in [0.25, 0.3) is 0 Å². The van der Waals surface area contributed by atoms with Gasteiger partial charge in [-0.15, -0.1) is 11.0 Å². The summed E-state index contributed by atoms with van der Waals surface area (Å²) in [6.45, 7) is 5.74. The second-order valence-electron chi connectivity index (χ2n) is 7.17. The first kappa shape index (κ1) is 24.2. The molecule has 1 saturated heterocycles. The number of fused-ring (bicyclic) bond motifs is 1. The molecule has 0 aliphatic carbocycles. The standard InChI is InChI=1S/C19H25F3N6O3S/c1-4-6-9-27-13-14(24-17(32-12-5-2)25(3)15(13)29)28(31-16(30)19(20,21)22)18(27)26-10-7-23-8-11-26/h18,23H,5,7-12H2,1-3H3. The van der Waals surface area contributed by atoms with Crippen molar-refractivity contribution >= 4 is 29.2 Å². The molecule has 0 amide bonds. The van der Waals surface area contributed by atoms with Crippen molar-refractivity contribution in [2.75, 3.05) is 48.4 Å². The number of anilines is 2. The van der Waals surface area contributed by atoms with Gasteiger partial charge >= 0.3 is 12.1 Å². The van der Waals surface area contributed by atoms with Crippen LogP contribution in [0.15, 0.2) is 9.95 Å². The Labute approximate surface area is 187 Å². The van der Waals surface area contributed by atoms with Crippen molar-refractivity contribution in [1.82, 2.24) is 19.8 Å². The molecule has 176 valence electrons. The topological polar surface area (TPSA) is 82.9 Å². The van der Waals surface area contributed by atoms with Crippen molar-refractivity contribution in [3.63, 3.8) is 0 Å². The van der Waals surface area contributed by atoms with Crippen molar-refractivity contribution in [1.29, 1.82) is 0 Å². The Balaban J connectivity index is 2.15. The highest BCUT2D eigenvalue weighted by molar-refractivity contribution is 7.99. The minimum Gasteiger partial charge on any atom is -0.327 e. The second-order valence-corrected chi connectivity index (χ2v) is 8.23. The quantitative estimate of drug-likeness (QED) is 0.371. The molecule has 2 aliphatic rings. The summed E-state index contributed by atoms with van der Waals surface area (Å²) < 4.78 is 40.6. The average molecular weight is 475 g/mol. The van der Waals surface area contributed by atoms with Crippen LogP contribution in [0.5, 0.6) is 0 Å². The van der Waals surface area contributed by atoms with E-state index in [1.54, 1.807) is 18.9 Å². The minimum absolute atomic E-state index is 0.0506. The monoisotopic (exact) mass is 474 g/mol. The van der Waals surface area contributed by atoms with Gasteiger partial charge in [-0.1, -0.05) is 24.6 Å². The Morgan fingerprint density at radius 2 is 2.03 bits per heavy atom. The third-order valence-corrected chi connectivity index (χ3v) is 6.18. The third-order valence-electron chi connectivity index (χ3n) is 4.94. The molecule has 1 aromatic rings. The van der Waals surface area contributed by atoms with Gasteiger partial charge in [0.2, 0.25) is 0 Å². The number of thioether (sulfide) groups is 1. The highest BCUT2D eigenvalue weighted by Crippen LogP contribution is 2.39. The minimum atomic E-state index is -5.20. The number of piperazine rings is 1. The molecular formula is C19H25F3N6O3S. The summed E-state index contributed by atoms with van der Waals surface area (Å²) in [7, 11) is 1.56. The van der Waals surface area contributed by atoms with Crippen LogP contribution < -0.4 is 20.8 Å². The number of nitrogens with one attached hydrogen (secondary N) is 1. The van der Waals surface area contributed by atoms with Crippen LogP contribution in [0, 0.1) is 11.8 Å². The number of carbonyl (C=O) groups is 1. The van der Waals surface area contributed by atoms with E-state index in [0.29, 0.717) is 37.1 Å². The van der Waals surface area contributed by atoms with Gasteiger partial charge in [0, 0.05) is 39.0 Å². The van der Waals surface area contributed by atoms with Gasteiger partial charge in [-0.05, 0) is 13.3 Å². The van der Waals surface area contributed by atoms with Gasteiger partial charge < -0.3 is 15.1 Å². The van der Waals surface area contributed by atoms with E-state index in [1.807, 2.05) is 11.8 Å². The van der Waals surface area contributed by atoms with Crippen LogP contribution in [0.4, 0.5) is 24.7 Å². The summed E-state index contributed by atoms with van der Waals surface area (Å²) >= 11 is 1.30. The SMILES string of the molecule is CC#CCN1c2c(nc(SCCC)n(C)c2=O)N(OC(=O)C(F)(F)F)C1N1CCNCC1. The zero-order chi connectivity index (χ0) is 23.5. The van der Waals surface area contributed by atoms with Crippen LogP contribution >= 0.6 is 11.8 Å². The van der Waals surface area contributed by atoms with Crippen molar-refractivity contribution in [2.45, 2.75) is 37.9 Å². The van der Waals surface area contributed by atoms with E-state index in [1.165, 1.54) is 16.3 Å². The molecule has 1 N–H and O–H groups in total. The van der Waals surface area contributed by atoms with Crippen LogP contribution in [0.3, 0.4) is 0 Å². The second kappa shape index (κ2) is 10.0. The predicted molar refractivity (Wildman–Crippen MR) is 114 cm³/mol. The van der Waals surface area contributed by atoms with E-state index >= 15 is 0 Å². The third kappa shape index (κ3) is 4.82.